The van der Waals surface area contributed by atoms with Gasteiger partial charge in [0.2, 0.25) is 0 Å². The van der Waals surface area contributed by atoms with E-state index >= 15 is 0 Å². The van der Waals surface area contributed by atoms with Crippen molar-refractivity contribution in [2.45, 2.75) is 31.0 Å². The number of methoxy groups -OCH3 is 1. The number of hydrogen-bond donors (Lipinski definition) is 1. The zero-order chi connectivity index (χ0) is 20.0. The molecule has 8 heteroatoms. The molecule has 1 fully saturated rings. The summed E-state index contributed by atoms with van der Waals surface area (Å²) in [6.07, 6.45) is 5.16. The Morgan fingerprint density at radius 1 is 1.34 bits per heavy atom. The number of halogens is 1. The van der Waals surface area contributed by atoms with Crippen molar-refractivity contribution < 1.29 is 9.53 Å². The number of carbonyl (C=O) groups is 1. The van der Waals surface area contributed by atoms with Gasteiger partial charge in [-0.15, -0.1) is 0 Å². The highest BCUT2D eigenvalue weighted by Gasteiger charge is 2.46. The van der Waals surface area contributed by atoms with Gasteiger partial charge in [0.15, 0.2) is 11.3 Å². The predicted octanol–water partition coefficient (Wildman–Crippen LogP) is 2.44. The van der Waals surface area contributed by atoms with Gasteiger partial charge in [0.05, 0.1) is 16.1 Å². The van der Waals surface area contributed by atoms with E-state index in [9.17, 15) is 4.79 Å². The van der Waals surface area contributed by atoms with Crippen LogP contribution >= 0.6 is 15.9 Å². The molecule has 2 atom stereocenters. The van der Waals surface area contributed by atoms with Crippen LogP contribution in [0, 0.1) is 0 Å². The highest BCUT2D eigenvalue weighted by molar-refractivity contribution is 9.10. The Morgan fingerprint density at radius 3 is 3.00 bits per heavy atom. The maximum absolute atomic E-state index is 13.1. The summed E-state index contributed by atoms with van der Waals surface area (Å²) in [7, 11) is 1.73. The Balaban J connectivity index is 1.37. The molecule has 2 aliphatic heterocycles. The fraction of sp³-hybridized carbons (Fsp3) is 0.381. The van der Waals surface area contributed by atoms with Gasteiger partial charge in [-0.05, 0) is 39.9 Å². The molecule has 4 heterocycles. The second kappa shape index (κ2) is 7.19. The van der Waals surface area contributed by atoms with Crippen LogP contribution < -0.4 is 5.32 Å². The van der Waals surface area contributed by atoms with Gasteiger partial charge < -0.3 is 15.0 Å². The van der Waals surface area contributed by atoms with Gasteiger partial charge in [-0.2, -0.15) is 5.10 Å². The van der Waals surface area contributed by atoms with E-state index in [0.717, 1.165) is 23.9 Å². The Bertz CT molecular complexity index is 1080. The lowest BCUT2D eigenvalue weighted by atomic mass is 9.76. The van der Waals surface area contributed by atoms with Crippen LogP contribution in [-0.4, -0.2) is 57.2 Å². The molecule has 1 saturated heterocycles. The first kappa shape index (κ1) is 18.7. The van der Waals surface area contributed by atoms with E-state index in [4.69, 9.17) is 4.74 Å². The first-order valence-corrected chi connectivity index (χ1v) is 10.5. The van der Waals surface area contributed by atoms with Crippen LogP contribution in [0.3, 0.4) is 0 Å². The van der Waals surface area contributed by atoms with E-state index in [1.54, 1.807) is 30.1 Å². The van der Waals surface area contributed by atoms with Crippen LogP contribution in [0.1, 0.15) is 28.0 Å². The highest BCUT2D eigenvalue weighted by Crippen LogP contribution is 2.34. The lowest BCUT2D eigenvalue weighted by Crippen LogP contribution is -2.66. The van der Waals surface area contributed by atoms with Crippen molar-refractivity contribution in [3.8, 4) is 0 Å². The average molecular weight is 456 g/mol. The summed E-state index contributed by atoms with van der Waals surface area (Å²) in [5, 5.41) is 8.13. The van der Waals surface area contributed by atoms with Crippen LogP contribution in [0.5, 0.6) is 0 Å². The molecule has 2 aromatic heterocycles. The number of nitrogens with zero attached hydrogens (tertiary/aromatic N) is 4. The number of carbonyl (C=O) groups excluding carboxylic acids is 1. The third-order valence-corrected chi connectivity index (χ3v) is 6.57. The normalized spacial score (nSPS) is 24.1. The Hall–Kier alpha value is -2.29. The lowest BCUT2D eigenvalue weighted by molar-refractivity contribution is -0.0393. The van der Waals surface area contributed by atoms with Crippen molar-refractivity contribution >= 4 is 27.5 Å². The first-order chi connectivity index (χ1) is 14.1. The number of nitrogens with one attached hydrogen (secondary N) is 1. The topological polar surface area (TPSA) is 71.8 Å². The van der Waals surface area contributed by atoms with E-state index < -0.39 is 0 Å². The second-order valence-electron chi connectivity index (χ2n) is 7.79. The standard InChI is InChI=1S/C21H22BrN5O2/c1-29-18-13-26(20(28)17-8-19-23-11-16(22)12-27(19)25-17)7-6-21(18)9-14-4-2-3-5-15(14)10-24-21/h2-5,8,11-12,18,24H,6-7,9-10,13H2,1H3/t18-,21+/m1/s1. The van der Waals surface area contributed by atoms with Gasteiger partial charge in [-0.1, -0.05) is 24.3 Å². The Kier molecular flexibility index (Phi) is 4.64. The number of rotatable bonds is 2. The SMILES string of the molecule is CO[C@@H]1CN(C(=O)c2cc3ncc(Br)cn3n2)CC[C@]12Cc1ccccc1CN2. The predicted molar refractivity (Wildman–Crippen MR) is 112 cm³/mol. The number of ether oxygens (including phenoxy) is 1. The van der Waals surface area contributed by atoms with Gasteiger partial charge in [0.25, 0.3) is 5.91 Å². The second-order valence-corrected chi connectivity index (χ2v) is 8.70. The van der Waals surface area contributed by atoms with Gasteiger partial charge in [-0.3, -0.25) is 4.79 Å². The molecular weight excluding hydrogens is 434 g/mol. The molecule has 0 saturated carbocycles. The summed E-state index contributed by atoms with van der Waals surface area (Å²) in [5.74, 6) is -0.0836. The first-order valence-electron chi connectivity index (χ1n) is 9.73. The molecule has 1 N–H and O–H groups in total. The minimum absolute atomic E-state index is 0.0836. The molecule has 1 amide bonds. The molecule has 1 aromatic carbocycles. The molecule has 3 aromatic rings. The third kappa shape index (κ3) is 3.25. The molecule has 0 aliphatic carbocycles. The van der Waals surface area contributed by atoms with Crippen LogP contribution in [0.2, 0.25) is 0 Å². The average Bonchev–Trinajstić information content (AvgIpc) is 3.16. The maximum Gasteiger partial charge on any atom is 0.274 e. The van der Waals surface area contributed by atoms with E-state index in [2.05, 4.69) is 55.6 Å². The molecule has 0 unspecified atom stereocenters. The van der Waals surface area contributed by atoms with Crippen molar-refractivity contribution in [2.24, 2.45) is 0 Å². The summed E-state index contributed by atoms with van der Waals surface area (Å²) < 4.78 is 8.33. The number of likely N-dealkylation sites (tertiary alicyclic amines) is 1. The van der Waals surface area contributed by atoms with E-state index in [1.165, 1.54) is 11.1 Å². The monoisotopic (exact) mass is 455 g/mol. The fourth-order valence-corrected chi connectivity index (χ4v) is 4.84. The molecule has 5 rings (SSSR count). The molecule has 1 spiro atoms. The van der Waals surface area contributed by atoms with E-state index in [1.807, 2.05) is 4.90 Å². The lowest BCUT2D eigenvalue weighted by Gasteiger charge is -2.49. The van der Waals surface area contributed by atoms with Gasteiger partial charge in [-0.25, -0.2) is 9.50 Å². The van der Waals surface area contributed by atoms with Crippen LogP contribution in [0.15, 0.2) is 47.2 Å². The zero-order valence-corrected chi connectivity index (χ0v) is 17.7. The summed E-state index contributed by atoms with van der Waals surface area (Å²) in [6.45, 7) is 2.03. The van der Waals surface area contributed by atoms with Gasteiger partial charge in [0, 0.05) is 45.2 Å². The van der Waals surface area contributed by atoms with E-state index in [0.29, 0.717) is 24.4 Å². The van der Waals surface area contributed by atoms with Crippen molar-refractivity contribution in [1.82, 2.24) is 24.8 Å². The van der Waals surface area contributed by atoms with Gasteiger partial charge >= 0.3 is 0 Å². The largest absolute Gasteiger partial charge is 0.378 e. The summed E-state index contributed by atoms with van der Waals surface area (Å²) in [4.78, 5) is 19.3. The van der Waals surface area contributed by atoms with Crippen molar-refractivity contribution in [1.29, 1.82) is 0 Å². The number of aromatic nitrogens is 3. The molecule has 29 heavy (non-hydrogen) atoms. The third-order valence-electron chi connectivity index (χ3n) is 6.16. The van der Waals surface area contributed by atoms with E-state index in [-0.39, 0.29) is 17.6 Å². The summed E-state index contributed by atoms with van der Waals surface area (Å²) >= 11 is 3.38. The zero-order valence-electron chi connectivity index (χ0n) is 16.1. The quantitative estimate of drug-likeness (QED) is 0.642. The molecule has 150 valence electrons. The number of fused-ring (bicyclic) bond motifs is 2. The van der Waals surface area contributed by atoms with Gasteiger partial charge in [0.1, 0.15) is 0 Å². The van der Waals surface area contributed by atoms with Crippen LogP contribution in [0.25, 0.3) is 5.65 Å². The van der Waals surface area contributed by atoms with Crippen molar-refractivity contribution in [2.75, 3.05) is 20.2 Å². The smallest absolute Gasteiger partial charge is 0.274 e. The number of piperidine rings is 1. The fourth-order valence-electron chi connectivity index (χ4n) is 4.55. The molecular formula is C21H22BrN5O2. The Labute approximate surface area is 177 Å². The minimum Gasteiger partial charge on any atom is -0.378 e. The molecule has 0 bridgehead atoms. The summed E-state index contributed by atoms with van der Waals surface area (Å²) in [6, 6.07) is 10.3. The van der Waals surface area contributed by atoms with Crippen LogP contribution in [-0.2, 0) is 17.7 Å². The highest BCUT2D eigenvalue weighted by atomic mass is 79.9. The van der Waals surface area contributed by atoms with Crippen LogP contribution in [0.4, 0.5) is 0 Å². The minimum atomic E-state index is -0.148. The maximum atomic E-state index is 13.1. The number of amides is 1. The van der Waals surface area contributed by atoms with Crippen molar-refractivity contribution in [3.63, 3.8) is 0 Å². The number of benzene rings is 1. The number of hydrogen-bond acceptors (Lipinski definition) is 5. The molecule has 2 aliphatic rings. The Morgan fingerprint density at radius 2 is 2.17 bits per heavy atom. The molecule has 0 radical (unpaired) electrons. The summed E-state index contributed by atoms with van der Waals surface area (Å²) in [5.41, 5.74) is 3.62. The van der Waals surface area contributed by atoms with Crippen molar-refractivity contribution in [3.05, 3.63) is 64.0 Å². The molecule has 7 nitrogen and oxygen atoms in total.